The van der Waals surface area contributed by atoms with Crippen LogP contribution in [0.5, 0.6) is 40.2 Å². The molecule has 0 saturated heterocycles. The Morgan fingerprint density at radius 3 is 0.790 bits per heavy atom. The van der Waals surface area contributed by atoms with Crippen molar-refractivity contribution in [2.75, 3.05) is 62.1 Å². The van der Waals surface area contributed by atoms with Crippen molar-refractivity contribution in [3.05, 3.63) is 212 Å². The van der Waals surface area contributed by atoms with E-state index in [0.29, 0.717) is 26.7 Å². The zero-order valence-electron chi connectivity index (χ0n) is 86.5. The molecular weight excluding hydrogens is 1700 g/mol. The maximum absolute atomic E-state index is 11.2. The molecule has 0 saturated carbocycles. The van der Waals surface area contributed by atoms with Gasteiger partial charge < -0.3 is 56.2 Å². The molecule has 0 N–H and O–H groups in total. The van der Waals surface area contributed by atoms with Crippen molar-refractivity contribution < 1.29 is 69.8 Å². The molecule has 0 spiro atoms. The number of hydrogen-bond donors (Lipinski definition) is 0. The van der Waals surface area contributed by atoms with E-state index >= 15 is 0 Å². The number of carbonyl (C=O) groups excluding carboxylic acids is 1. The lowest BCUT2D eigenvalue weighted by Crippen LogP contribution is -2.43. The molecule has 1 atom stereocenters. The van der Waals surface area contributed by atoms with Gasteiger partial charge in [0.1, 0.15) is 62.7 Å². The molecule has 0 fully saturated rings. The molecule has 1 unspecified atom stereocenters. The quantitative estimate of drug-likeness (QED) is 0.0145. The minimum Gasteiger partial charge on any atom is -0.544 e. The molecular formula is C100H190F2O13Si9. The third kappa shape index (κ3) is 109. The zero-order valence-corrected chi connectivity index (χ0v) is 102. The van der Waals surface area contributed by atoms with Crippen LogP contribution in [-0.4, -0.2) is 185 Å². The first-order valence-electron chi connectivity index (χ1n) is 45.7. The van der Waals surface area contributed by atoms with Gasteiger partial charge in [-0.1, -0.05) is 258 Å². The summed E-state index contributed by atoms with van der Waals surface area (Å²) in [5.41, 5.74) is -0.726. The molecule has 0 aliphatic carbocycles. The molecule has 7 rings (SSSR count). The Bertz CT molecular complexity index is 3020. The highest BCUT2D eigenvalue weighted by Crippen LogP contribution is 2.37. The largest absolute Gasteiger partial charge is 0.544 e. The van der Waals surface area contributed by atoms with Gasteiger partial charge in [-0.3, -0.25) is 8.78 Å². The van der Waals surface area contributed by atoms with Crippen molar-refractivity contribution in [2.45, 2.75) is 312 Å². The number of hydrogen-bond acceptors (Lipinski definition) is 13. The summed E-state index contributed by atoms with van der Waals surface area (Å²) >= 11 is 0. The van der Waals surface area contributed by atoms with Gasteiger partial charge in [0, 0.05) is 119 Å². The maximum atomic E-state index is 11.2. The smallest absolute Gasteiger partial charge is 0.514 e. The normalized spacial score (nSPS) is 10.6. The summed E-state index contributed by atoms with van der Waals surface area (Å²) in [4.78, 5) is 11.2. The van der Waals surface area contributed by atoms with E-state index in [0.717, 1.165) is 67.2 Å². The monoisotopic (exact) mass is 1890 g/mol. The molecule has 13 nitrogen and oxygen atoms in total. The van der Waals surface area contributed by atoms with Crippen LogP contribution in [0.15, 0.2) is 212 Å². The first-order valence-corrected chi connectivity index (χ1v) is 61.9. The van der Waals surface area contributed by atoms with E-state index in [2.05, 4.69) is 123 Å². The lowest BCUT2D eigenvalue weighted by molar-refractivity contribution is -0.0613. The van der Waals surface area contributed by atoms with Crippen LogP contribution >= 0.6 is 0 Å². The van der Waals surface area contributed by atoms with Gasteiger partial charge in [-0.15, -0.1) is 0 Å². The predicted octanol–water partition coefficient (Wildman–Crippen LogP) is 23.1. The Balaban J connectivity index is -0.000000167. The van der Waals surface area contributed by atoms with Gasteiger partial charge in [0.25, 0.3) is 0 Å². The van der Waals surface area contributed by atoms with E-state index in [1.807, 2.05) is 223 Å². The highest BCUT2D eigenvalue weighted by Gasteiger charge is 2.39. The predicted molar refractivity (Wildman–Crippen MR) is 574 cm³/mol. The van der Waals surface area contributed by atoms with Crippen LogP contribution in [0.3, 0.4) is 0 Å². The molecule has 0 aliphatic rings. The number of benzene rings is 7. The number of ether oxygens (including phenoxy) is 10. The van der Waals surface area contributed by atoms with Crippen LogP contribution in [0.25, 0.3) is 0 Å². The van der Waals surface area contributed by atoms with Crippen molar-refractivity contribution in [1.82, 2.24) is 0 Å². The average Bonchev–Trinajstić information content (AvgIpc) is 0.827. The van der Waals surface area contributed by atoms with E-state index in [1.54, 1.807) is 66.4 Å². The summed E-state index contributed by atoms with van der Waals surface area (Å²) in [7, 11) is 12.7. The third-order valence-corrected chi connectivity index (χ3v) is 27.4. The van der Waals surface area contributed by atoms with Gasteiger partial charge in [-0.2, -0.15) is 0 Å². The van der Waals surface area contributed by atoms with Crippen molar-refractivity contribution in [3.63, 3.8) is 0 Å². The summed E-state index contributed by atoms with van der Waals surface area (Å²) < 4.78 is 82.9. The van der Waals surface area contributed by atoms with Crippen molar-refractivity contribution in [1.29, 1.82) is 0 Å². The summed E-state index contributed by atoms with van der Waals surface area (Å²) in [5.74, 6) is 6.15. The Kier molecular flexibility index (Phi) is 103. The number of carbonyl (C=O) groups is 1. The highest BCUT2D eigenvalue weighted by molar-refractivity contribution is 6.74. The second-order valence-corrected chi connectivity index (χ2v) is 49.8. The van der Waals surface area contributed by atoms with Crippen LogP contribution in [0, 0.1) is 0 Å². The van der Waals surface area contributed by atoms with Gasteiger partial charge in [-0.25, -0.2) is 4.79 Å². The van der Waals surface area contributed by atoms with Crippen molar-refractivity contribution in [2.24, 2.45) is 0 Å². The van der Waals surface area contributed by atoms with Crippen LogP contribution in [-0.2, 0) is 23.7 Å². The van der Waals surface area contributed by atoms with Gasteiger partial charge in [0.2, 0.25) is 16.6 Å². The summed E-state index contributed by atoms with van der Waals surface area (Å²) in [6, 6.07) is 78.2. The lowest BCUT2D eigenvalue weighted by Gasteiger charge is -2.36. The number of rotatable bonds is 29. The molecule has 7 aromatic carbocycles. The molecule has 0 amide bonds. The van der Waals surface area contributed by atoms with Crippen molar-refractivity contribution >= 4 is 94.5 Å². The Hall–Kier alpha value is -5.74. The van der Waals surface area contributed by atoms with E-state index in [9.17, 15) is 13.6 Å². The Labute approximate surface area is 785 Å². The van der Waals surface area contributed by atoms with E-state index in [4.69, 9.17) is 56.2 Å². The summed E-state index contributed by atoms with van der Waals surface area (Å²) in [6.07, 6.45) is 10.5. The van der Waals surface area contributed by atoms with E-state index in [1.165, 1.54) is 159 Å². The van der Waals surface area contributed by atoms with Crippen LogP contribution in [0.4, 0.5) is 13.6 Å². The van der Waals surface area contributed by atoms with Gasteiger partial charge >= 0.3 is 6.16 Å². The number of methoxy groups -OCH3 is 3. The second kappa shape index (κ2) is 93.4. The molecule has 0 radical (unpaired) electrons. The molecule has 0 heterocycles. The van der Waals surface area contributed by atoms with Crippen molar-refractivity contribution in [3.8, 4) is 40.2 Å². The number of alkyl halides is 2. The molecule has 718 valence electrons. The van der Waals surface area contributed by atoms with Crippen LogP contribution < -0.4 is 32.5 Å². The first kappa shape index (κ1) is 136. The average molecular weight is 1890 g/mol. The molecule has 0 aromatic heterocycles. The second-order valence-electron chi connectivity index (χ2n) is 33.7. The minimum atomic E-state index is -1.65. The first-order chi connectivity index (χ1) is 58.5. The SMILES string of the molecule is CC(C)(C)OC(=O)Oc1ccccc1.CC(C)(C)Oc1ccccc1.CC(C)(C)[Si](C)(C)Oc1ccccc1.CCC(C)(C)Oc1ccccc1.CCC(C)(C)Oc1ccccc1.CCC[SiH3].CCC[SiH3].CCC[SiH3].CCC[SiH3].CCOC(C)Oc1ccccc1.CF.CF.COCCC[SiH3].COCCC[SiH3].COCCC[SiH3].C[Si](C)(C)Oc1ccccc1. The summed E-state index contributed by atoms with van der Waals surface area (Å²) in [6.45, 7) is 58.2. The Morgan fingerprint density at radius 1 is 0.347 bits per heavy atom. The fourth-order valence-corrected chi connectivity index (χ4v) is 9.80. The molecule has 124 heavy (non-hydrogen) atoms. The van der Waals surface area contributed by atoms with Gasteiger partial charge in [0.15, 0.2) is 6.29 Å². The van der Waals surface area contributed by atoms with Crippen LogP contribution in [0.1, 0.15) is 203 Å². The maximum Gasteiger partial charge on any atom is 0.514 e. The number of para-hydroxylation sites is 7. The van der Waals surface area contributed by atoms with E-state index in [-0.39, 0.29) is 28.1 Å². The topological polar surface area (TPSA) is 128 Å². The van der Waals surface area contributed by atoms with Gasteiger partial charge in [0.05, 0.1) is 14.4 Å². The number of halogens is 2. The zero-order chi connectivity index (χ0) is 97.1. The molecule has 0 aliphatic heterocycles. The molecule has 7 aromatic rings. The third-order valence-electron chi connectivity index (χ3n) is 16.1. The van der Waals surface area contributed by atoms with Gasteiger partial charge in [-0.05, 0) is 238 Å². The fraction of sp³-hybridized carbons (Fsp3) is 0.570. The standard InChI is InChI=1S/C12H20OSi.C11H14O3.2C11H16O.C10H14O2.C10H14O.C9H14OSi.3C4H12OSi.4C3H10Si.2CH3F/c1-12(2,3)14(4,5)13-11-9-7-6-8-10-11;1-11(2,3)14-10(12)13-9-7-5-4-6-8-9;2*1-4-11(2,3)12-10-8-6-5-7-9-10;1-3-11-9(2)12-10-7-5-4-6-8-10;1-10(2,3)11-9-7-5-4-6-8-9;1-11(2,3)10-9-7-5-4-6-8-9;3*1-5-3-2-4-6;4*1-2-3-4;2*1-2/h6-10H,1-5H3;4-8H,1-3H3;2*5-9H,4H2,1-3H3;4-9H,3H2,1-2H3;2*4-8H,1-3H3;3*2-4H2,1,6H3;4*2-3H2,1,4H3;2*1H3. The van der Waals surface area contributed by atoms with Crippen LogP contribution in [0.2, 0.25) is 80.1 Å². The molecule has 24 heteroatoms. The fourth-order valence-electron chi connectivity index (χ4n) is 7.06. The lowest BCUT2D eigenvalue weighted by atomic mass is 10.1. The molecule has 0 bridgehead atoms. The summed E-state index contributed by atoms with van der Waals surface area (Å²) in [5, 5.41) is 0.267. The highest BCUT2D eigenvalue weighted by atomic mass is 28.4. The van der Waals surface area contributed by atoms with E-state index < -0.39 is 28.4 Å². The Morgan fingerprint density at radius 2 is 0.589 bits per heavy atom. The minimum absolute atomic E-state index is 0.0542.